The minimum atomic E-state index is 0.349. The maximum atomic E-state index is 8.35. The third kappa shape index (κ3) is 5.70. The molecule has 1 N–H and O–H groups in total. The number of alkyl halides is 1. The van der Waals surface area contributed by atoms with Crippen LogP contribution in [-0.2, 0) is 6.42 Å². The molecule has 0 amide bonds. The highest BCUT2D eigenvalue weighted by Crippen LogP contribution is 2.38. The molecular weight excluding hydrogens is 484 g/mol. The van der Waals surface area contributed by atoms with Gasteiger partial charge in [-0.2, -0.15) is 0 Å². The van der Waals surface area contributed by atoms with Crippen LogP contribution in [-0.4, -0.2) is 17.0 Å². The molecule has 3 rings (SSSR count). The van der Waals surface area contributed by atoms with Gasteiger partial charge in [-0.05, 0) is 65.8 Å². The minimum absolute atomic E-state index is 0.349. The second-order valence-corrected chi connectivity index (χ2v) is 8.23. The van der Waals surface area contributed by atoms with Gasteiger partial charge < -0.3 is 5.11 Å². The van der Waals surface area contributed by atoms with E-state index < -0.39 is 0 Å². The van der Waals surface area contributed by atoms with E-state index in [0.29, 0.717) is 6.61 Å². The van der Waals surface area contributed by atoms with Crippen molar-refractivity contribution in [1.82, 2.24) is 0 Å². The Bertz CT molecular complexity index is 585. The van der Waals surface area contributed by atoms with Gasteiger partial charge in [-0.1, -0.05) is 72.8 Å². The predicted molar refractivity (Wildman–Crippen MR) is 109 cm³/mol. The van der Waals surface area contributed by atoms with Crippen LogP contribution < -0.4 is 0 Å². The number of aliphatic hydroxyl groups excluding tert-OH is 1. The molecule has 1 aliphatic carbocycles. The molecule has 0 unspecified atom stereocenters. The highest BCUT2D eigenvalue weighted by Gasteiger charge is 2.18. The van der Waals surface area contributed by atoms with Gasteiger partial charge in [0.15, 0.2) is 0 Å². The molecule has 2 aromatic carbocycles. The Morgan fingerprint density at radius 3 is 1.78 bits per heavy atom. The zero-order chi connectivity index (χ0) is 16.7. The lowest BCUT2D eigenvalue weighted by Crippen LogP contribution is -1.82. The average molecular weight is 505 g/mol. The molecule has 0 fully saturated rings. The van der Waals surface area contributed by atoms with Gasteiger partial charge in [0, 0.05) is 20.9 Å². The zero-order valence-corrected chi connectivity index (χ0v) is 17.8. The number of rotatable bonds is 5. The number of hydrogen-bond acceptors (Lipinski definition) is 1. The number of halogens is 3. The van der Waals surface area contributed by atoms with Gasteiger partial charge in [-0.25, -0.2) is 0 Å². The van der Waals surface area contributed by atoms with Crippen LogP contribution >= 0.6 is 47.8 Å². The maximum absolute atomic E-state index is 8.35. The summed E-state index contributed by atoms with van der Waals surface area (Å²) in [6, 6.07) is 13.0. The molecule has 4 heteroatoms. The average Bonchev–Trinajstić information content (AvgIpc) is 2.88. The number of benzene rings is 2. The summed E-state index contributed by atoms with van der Waals surface area (Å²) in [7, 11) is 0. The van der Waals surface area contributed by atoms with Gasteiger partial charge in [0.1, 0.15) is 0 Å². The molecule has 23 heavy (non-hydrogen) atoms. The third-order valence-corrected chi connectivity index (χ3v) is 5.39. The molecular formula is C19H21Br3O. The Morgan fingerprint density at radius 1 is 0.783 bits per heavy atom. The lowest BCUT2D eigenvalue weighted by molar-refractivity contribution is 0.283. The molecule has 0 saturated carbocycles. The maximum Gasteiger partial charge on any atom is 0.0431 e. The van der Waals surface area contributed by atoms with Crippen molar-refractivity contribution >= 4 is 47.8 Å². The fourth-order valence-electron chi connectivity index (χ4n) is 2.71. The molecule has 124 valence electrons. The van der Waals surface area contributed by atoms with Crippen molar-refractivity contribution in [3.8, 4) is 11.1 Å². The van der Waals surface area contributed by atoms with Gasteiger partial charge in [0.2, 0.25) is 0 Å². The third-order valence-electron chi connectivity index (χ3n) is 3.85. The molecule has 0 radical (unpaired) electrons. The zero-order valence-electron chi connectivity index (χ0n) is 13.0. The molecule has 0 spiro atoms. The van der Waals surface area contributed by atoms with Gasteiger partial charge in [-0.3, -0.25) is 0 Å². The Labute approximate surface area is 163 Å². The molecule has 0 aromatic heterocycles. The van der Waals surface area contributed by atoms with Crippen LogP contribution in [0.5, 0.6) is 0 Å². The van der Waals surface area contributed by atoms with Gasteiger partial charge in [-0.15, -0.1) is 0 Å². The van der Waals surface area contributed by atoms with Crippen molar-refractivity contribution < 1.29 is 5.11 Å². The SMILES string of the molecule is Brc1ccc2c(c1)Cc1cc(Br)ccc1-2.OCCCCCCBr. The second kappa shape index (κ2) is 9.97. The molecule has 1 nitrogen and oxygen atoms in total. The van der Waals surface area contributed by atoms with Crippen LogP contribution in [0.25, 0.3) is 11.1 Å². The first-order valence-corrected chi connectivity index (χ1v) is 10.6. The molecule has 0 atom stereocenters. The Morgan fingerprint density at radius 2 is 1.30 bits per heavy atom. The molecule has 0 bridgehead atoms. The van der Waals surface area contributed by atoms with Crippen molar-refractivity contribution in [3.05, 3.63) is 56.5 Å². The van der Waals surface area contributed by atoms with Crippen LogP contribution in [0.15, 0.2) is 45.3 Å². The van der Waals surface area contributed by atoms with E-state index in [-0.39, 0.29) is 0 Å². The standard InChI is InChI=1S/C13H8Br2.C6H13BrO/c14-10-1-3-12-8(6-10)5-9-7-11(15)2-4-13(9)12;7-5-3-1-2-4-6-8/h1-4,6-7H,5H2;8H,1-6H2. The largest absolute Gasteiger partial charge is 0.396 e. The summed E-state index contributed by atoms with van der Waals surface area (Å²) in [6.45, 7) is 0.349. The smallest absolute Gasteiger partial charge is 0.0431 e. The van der Waals surface area contributed by atoms with E-state index in [2.05, 4.69) is 84.2 Å². The van der Waals surface area contributed by atoms with Crippen LogP contribution in [0.3, 0.4) is 0 Å². The quantitative estimate of drug-likeness (QED) is 0.302. The summed E-state index contributed by atoms with van der Waals surface area (Å²) in [4.78, 5) is 0. The summed E-state index contributed by atoms with van der Waals surface area (Å²) in [5.41, 5.74) is 5.58. The summed E-state index contributed by atoms with van der Waals surface area (Å²) in [5.74, 6) is 0. The fourth-order valence-corrected chi connectivity index (χ4v) is 3.92. The van der Waals surface area contributed by atoms with Gasteiger partial charge in [0.25, 0.3) is 0 Å². The Kier molecular flexibility index (Phi) is 8.31. The molecule has 1 aliphatic rings. The van der Waals surface area contributed by atoms with E-state index >= 15 is 0 Å². The van der Waals surface area contributed by atoms with E-state index in [9.17, 15) is 0 Å². The molecule has 0 heterocycles. The molecule has 2 aromatic rings. The van der Waals surface area contributed by atoms with Crippen LogP contribution in [0.1, 0.15) is 36.8 Å². The van der Waals surface area contributed by atoms with Gasteiger partial charge >= 0.3 is 0 Å². The van der Waals surface area contributed by atoms with E-state index in [1.165, 1.54) is 41.5 Å². The Hall–Kier alpha value is -0.160. The van der Waals surface area contributed by atoms with Crippen LogP contribution in [0.2, 0.25) is 0 Å². The normalized spacial score (nSPS) is 11.5. The topological polar surface area (TPSA) is 20.2 Å². The van der Waals surface area contributed by atoms with Gasteiger partial charge in [0.05, 0.1) is 0 Å². The summed E-state index contributed by atoms with van der Waals surface area (Å²) < 4.78 is 2.32. The van der Waals surface area contributed by atoms with Crippen molar-refractivity contribution in [2.24, 2.45) is 0 Å². The number of fused-ring (bicyclic) bond motifs is 3. The van der Waals surface area contributed by atoms with Crippen LogP contribution in [0.4, 0.5) is 0 Å². The predicted octanol–water partition coefficient (Wildman–Crippen LogP) is 6.72. The molecule has 0 aliphatic heterocycles. The van der Waals surface area contributed by atoms with E-state index in [1.54, 1.807) is 0 Å². The van der Waals surface area contributed by atoms with Crippen molar-refractivity contribution in [3.63, 3.8) is 0 Å². The first-order valence-electron chi connectivity index (χ1n) is 7.89. The van der Waals surface area contributed by atoms with E-state index in [0.717, 1.165) is 27.1 Å². The number of aliphatic hydroxyl groups is 1. The van der Waals surface area contributed by atoms with Crippen molar-refractivity contribution in [2.75, 3.05) is 11.9 Å². The lowest BCUT2D eigenvalue weighted by Gasteiger charge is -2.00. The van der Waals surface area contributed by atoms with Crippen molar-refractivity contribution in [1.29, 1.82) is 0 Å². The highest BCUT2D eigenvalue weighted by molar-refractivity contribution is 9.10. The lowest BCUT2D eigenvalue weighted by atomic mass is 10.1. The number of unbranched alkanes of at least 4 members (excludes halogenated alkanes) is 3. The van der Waals surface area contributed by atoms with Crippen molar-refractivity contribution in [2.45, 2.75) is 32.1 Å². The van der Waals surface area contributed by atoms with E-state index in [1.807, 2.05) is 0 Å². The fraction of sp³-hybridized carbons (Fsp3) is 0.368. The molecule has 0 saturated heterocycles. The summed E-state index contributed by atoms with van der Waals surface area (Å²) in [6.07, 6.45) is 5.66. The first kappa shape index (κ1) is 19.2. The Balaban J connectivity index is 0.000000207. The first-order chi connectivity index (χ1) is 11.2. The number of hydrogen-bond donors (Lipinski definition) is 1. The monoisotopic (exact) mass is 502 g/mol. The summed E-state index contributed by atoms with van der Waals surface area (Å²) >= 11 is 10.4. The summed E-state index contributed by atoms with van der Waals surface area (Å²) in [5, 5.41) is 9.45. The minimum Gasteiger partial charge on any atom is -0.396 e. The van der Waals surface area contributed by atoms with Crippen LogP contribution in [0, 0.1) is 0 Å². The van der Waals surface area contributed by atoms with E-state index in [4.69, 9.17) is 5.11 Å². The highest BCUT2D eigenvalue weighted by atomic mass is 79.9. The second-order valence-electron chi connectivity index (χ2n) is 5.61.